The molecule has 1 aromatic carbocycles. The number of likely N-dealkylation sites (tertiary alicyclic amines) is 1. The Kier molecular flexibility index (Phi) is 6.98. The predicted molar refractivity (Wildman–Crippen MR) is 142 cm³/mol. The summed E-state index contributed by atoms with van der Waals surface area (Å²) in [5.74, 6) is 2.55. The molecular weight excluding hydrogens is 456 g/mol. The maximum Gasteiger partial charge on any atom is 0.163 e. The molecule has 0 bridgehead atoms. The number of methoxy groups -OCH3 is 1. The Morgan fingerprint density at radius 1 is 1.28 bits per heavy atom. The number of aryl methyl sites for hydroxylation is 1. The van der Waals surface area contributed by atoms with Gasteiger partial charge in [0, 0.05) is 41.2 Å². The average molecular weight is 491 g/mol. The van der Waals surface area contributed by atoms with Gasteiger partial charge >= 0.3 is 0 Å². The Labute approximate surface area is 211 Å². The van der Waals surface area contributed by atoms with Crippen molar-refractivity contribution in [2.45, 2.75) is 26.7 Å². The average Bonchev–Trinajstić information content (AvgIpc) is 3.47. The summed E-state index contributed by atoms with van der Waals surface area (Å²) in [5.41, 5.74) is 3.74. The van der Waals surface area contributed by atoms with E-state index >= 15 is 0 Å². The van der Waals surface area contributed by atoms with Gasteiger partial charge in [-0.15, -0.1) is 0 Å². The quantitative estimate of drug-likeness (QED) is 0.241. The van der Waals surface area contributed by atoms with E-state index < -0.39 is 0 Å². The van der Waals surface area contributed by atoms with Gasteiger partial charge in [0.2, 0.25) is 0 Å². The number of ether oxygens (including phenoxy) is 4. The van der Waals surface area contributed by atoms with Crippen LogP contribution in [0.4, 0.5) is 5.69 Å². The highest BCUT2D eigenvalue weighted by Gasteiger charge is 2.43. The number of H-pyrrole nitrogens is 1. The van der Waals surface area contributed by atoms with E-state index in [1.165, 1.54) is 6.42 Å². The molecule has 2 fully saturated rings. The summed E-state index contributed by atoms with van der Waals surface area (Å²) in [6.45, 7) is 13.4. The number of aromatic amines is 1. The molecular formula is C28H34N4O4. The van der Waals surface area contributed by atoms with Crippen molar-refractivity contribution >= 4 is 29.2 Å². The molecule has 36 heavy (non-hydrogen) atoms. The summed E-state index contributed by atoms with van der Waals surface area (Å²) in [5, 5.41) is 0.994. The van der Waals surface area contributed by atoms with Crippen molar-refractivity contribution in [3.63, 3.8) is 0 Å². The largest absolute Gasteiger partial charge is 0.493 e. The highest BCUT2D eigenvalue weighted by atomic mass is 16.5. The van der Waals surface area contributed by atoms with E-state index in [9.17, 15) is 0 Å². The van der Waals surface area contributed by atoms with Gasteiger partial charge in [0.1, 0.15) is 17.2 Å². The van der Waals surface area contributed by atoms with Crippen molar-refractivity contribution in [1.29, 1.82) is 0 Å². The van der Waals surface area contributed by atoms with E-state index in [2.05, 4.69) is 26.6 Å². The molecule has 5 rings (SSSR count). The van der Waals surface area contributed by atoms with E-state index in [0.717, 1.165) is 61.6 Å². The third-order valence-corrected chi connectivity index (χ3v) is 7.00. The Morgan fingerprint density at radius 3 is 2.83 bits per heavy atom. The number of fused-ring (bicyclic) bond motifs is 1. The molecule has 190 valence electrons. The van der Waals surface area contributed by atoms with E-state index in [1.54, 1.807) is 13.3 Å². The van der Waals surface area contributed by atoms with Crippen LogP contribution in [-0.4, -0.2) is 68.2 Å². The van der Waals surface area contributed by atoms with Crippen LogP contribution in [0.25, 0.3) is 16.8 Å². The van der Waals surface area contributed by atoms with Crippen LogP contribution >= 0.6 is 0 Å². The van der Waals surface area contributed by atoms with E-state index in [4.69, 9.17) is 18.9 Å². The van der Waals surface area contributed by atoms with Crippen molar-refractivity contribution in [2.75, 3.05) is 46.6 Å². The monoisotopic (exact) mass is 490 g/mol. The minimum absolute atomic E-state index is 0.416. The van der Waals surface area contributed by atoms with E-state index in [1.807, 2.05) is 44.2 Å². The van der Waals surface area contributed by atoms with Gasteiger partial charge in [-0.1, -0.05) is 0 Å². The van der Waals surface area contributed by atoms with Gasteiger partial charge < -0.3 is 28.8 Å². The third kappa shape index (κ3) is 4.96. The van der Waals surface area contributed by atoms with Gasteiger partial charge in [0.15, 0.2) is 11.5 Å². The Hall–Kier alpha value is -3.36. The van der Waals surface area contributed by atoms with Gasteiger partial charge in [-0.2, -0.15) is 0 Å². The highest BCUT2D eigenvalue weighted by molar-refractivity contribution is 5.79. The lowest BCUT2D eigenvalue weighted by Gasteiger charge is -2.37. The number of nitrogens with zero attached hydrogens (tertiary/aromatic N) is 3. The fourth-order valence-electron chi connectivity index (χ4n) is 5.05. The van der Waals surface area contributed by atoms with Gasteiger partial charge in [-0.3, -0.25) is 4.99 Å². The van der Waals surface area contributed by atoms with Crippen LogP contribution in [0.3, 0.4) is 0 Å². The molecule has 0 radical (unpaired) electrons. The number of nitrogens with one attached hydrogen (secondary N) is 1. The van der Waals surface area contributed by atoms with E-state index in [-0.39, 0.29) is 0 Å². The second kappa shape index (κ2) is 10.3. The second-order valence-corrected chi connectivity index (χ2v) is 9.72. The molecule has 2 aliphatic rings. The topological polar surface area (TPSA) is 81.2 Å². The van der Waals surface area contributed by atoms with Gasteiger partial charge in [-0.25, -0.2) is 4.98 Å². The summed E-state index contributed by atoms with van der Waals surface area (Å²) in [6, 6.07) is 7.76. The van der Waals surface area contributed by atoms with Crippen molar-refractivity contribution in [3.05, 3.63) is 47.8 Å². The molecule has 0 atom stereocenters. The van der Waals surface area contributed by atoms with Crippen LogP contribution in [0.2, 0.25) is 0 Å². The van der Waals surface area contributed by atoms with Crippen LogP contribution < -0.4 is 14.2 Å². The van der Waals surface area contributed by atoms with E-state index in [0.29, 0.717) is 40.7 Å². The van der Waals surface area contributed by atoms with Gasteiger partial charge in [0.05, 0.1) is 38.8 Å². The third-order valence-electron chi connectivity index (χ3n) is 7.00. The lowest BCUT2D eigenvalue weighted by molar-refractivity contribution is -0.105. The summed E-state index contributed by atoms with van der Waals surface area (Å²) in [4.78, 5) is 14.4. The molecule has 1 N–H and O–H groups in total. The minimum atomic E-state index is 0.416. The molecule has 1 spiro atoms. The number of benzene rings is 1. The normalized spacial score (nSPS) is 17.4. The summed E-state index contributed by atoms with van der Waals surface area (Å²) in [7, 11) is 1.64. The molecule has 0 unspecified atom stereocenters. The molecule has 8 nitrogen and oxygen atoms in total. The Balaban J connectivity index is 1.26. The first kappa shape index (κ1) is 24.3. The van der Waals surface area contributed by atoms with Crippen LogP contribution in [-0.2, 0) is 4.74 Å². The minimum Gasteiger partial charge on any atom is -0.493 e. The Bertz CT molecular complexity index is 1280. The maximum atomic E-state index is 6.22. The fraction of sp³-hybridized carbons (Fsp3) is 0.429. The molecule has 0 aliphatic carbocycles. The zero-order valence-corrected chi connectivity index (χ0v) is 21.3. The first-order valence-electron chi connectivity index (χ1n) is 12.4. The zero-order chi connectivity index (χ0) is 25.1. The number of pyridine rings is 1. The standard InChI is InChI=1S/C28H34N4O4/c1-5-24(36-21-12-20-11-19(2)31-27(20)30-15-21)22-13-25(33-4)26(14-23(22)29-3)35-10-6-8-32-9-7-28(16-32)17-34-18-28/h5,11-15H,3,6-10,16-18H2,1-2,4H3,(H,30,31)/b24-5+. The maximum absolute atomic E-state index is 6.22. The highest BCUT2D eigenvalue weighted by Crippen LogP contribution is 2.40. The fourth-order valence-corrected chi connectivity index (χ4v) is 5.05. The summed E-state index contributed by atoms with van der Waals surface area (Å²) in [6.07, 6.45) is 5.78. The summed E-state index contributed by atoms with van der Waals surface area (Å²) < 4.78 is 23.4. The van der Waals surface area contributed by atoms with Crippen LogP contribution in [0.1, 0.15) is 31.0 Å². The zero-order valence-electron chi connectivity index (χ0n) is 21.3. The number of aliphatic imine (C=N–C) groups is 1. The lowest BCUT2D eigenvalue weighted by atomic mass is 9.85. The number of aromatic nitrogens is 2. The Morgan fingerprint density at radius 2 is 2.14 bits per heavy atom. The lowest BCUT2D eigenvalue weighted by Crippen LogP contribution is -2.44. The molecule has 8 heteroatoms. The van der Waals surface area contributed by atoms with Gasteiger partial charge in [-0.05, 0) is 64.2 Å². The van der Waals surface area contributed by atoms with Crippen molar-refractivity contribution in [2.24, 2.45) is 10.4 Å². The first-order valence-corrected chi connectivity index (χ1v) is 12.4. The predicted octanol–water partition coefficient (Wildman–Crippen LogP) is 5.14. The second-order valence-electron chi connectivity index (χ2n) is 9.72. The molecule has 2 aliphatic heterocycles. The van der Waals surface area contributed by atoms with Gasteiger partial charge in [0.25, 0.3) is 0 Å². The van der Waals surface area contributed by atoms with Crippen molar-refractivity contribution < 1.29 is 18.9 Å². The first-order chi connectivity index (χ1) is 17.5. The number of rotatable bonds is 10. The van der Waals surface area contributed by atoms with Crippen molar-refractivity contribution in [3.8, 4) is 17.2 Å². The van der Waals surface area contributed by atoms with Crippen LogP contribution in [0.5, 0.6) is 17.2 Å². The number of hydrogen-bond donors (Lipinski definition) is 1. The summed E-state index contributed by atoms with van der Waals surface area (Å²) >= 11 is 0. The number of hydrogen-bond acceptors (Lipinski definition) is 7. The SMILES string of the molecule is C=Nc1cc(OCCCN2CCC3(COC3)C2)c(OC)cc1/C(=C\C)Oc1cnc2[nH]c(C)cc2c1. The molecule has 0 saturated carbocycles. The smallest absolute Gasteiger partial charge is 0.163 e. The molecule has 2 saturated heterocycles. The van der Waals surface area contributed by atoms with Crippen LogP contribution in [0.15, 0.2) is 41.5 Å². The molecule has 2 aromatic heterocycles. The number of allylic oxidation sites excluding steroid dienone is 1. The van der Waals surface area contributed by atoms with Crippen LogP contribution in [0, 0.1) is 12.3 Å². The molecule has 4 heterocycles. The van der Waals surface area contributed by atoms with Crippen molar-refractivity contribution in [1.82, 2.24) is 14.9 Å². The molecule has 0 amide bonds. The molecule has 3 aromatic rings.